The molecule has 19 heavy (non-hydrogen) atoms. The minimum Gasteiger partial charge on any atom is -0.313 e. The zero-order valence-electron chi connectivity index (χ0n) is 11.8. The van der Waals surface area contributed by atoms with Crippen LogP contribution in [-0.4, -0.2) is 21.5 Å². The Morgan fingerprint density at radius 3 is 2.32 bits per heavy atom. The van der Waals surface area contributed by atoms with Crippen molar-refractivity contribution in [3.8, 4) is 0 Å². The molecule has 0 atom stereocenters. The summed E-state index contributed by atoms with van der Waals surface area (Å²) in [5.74, 6) is 0. The van der Waals surface area contributed by atoms with Gasteiger partial charge in [0.05, 0.1) is 4.90 Å². The molecule has 0 amide bonds. The average molecular weight is 284 g/mol. The largest absolute Gasteiger partial charge is 0.313 e. The molecule has 0 heterocycles. The van der Waals surface area contributed by atoms with Gasteiger partial charge in [-0.3, -0.25) is 0 Å². The number of hydrogen-bond donors (Lipinski definition) is 2. The first kappa shape index (κ1) is 16.1. The van der Waals surface area contributed by atoms with Crippen LogP contribution in [0.25, 0.3) is 0 Å². The van der Waals surface area contributed by atoms with Gasteiger partial charge in [-0.25, -0.2) is 13.1 Å². The Morgan fingerprint density at radius 1 is 1.05 bits per heavy atom. The summed E-state index contributed by atoms with van der Waals surface area (Å²) in [5, 5.41) is 3.21. The molecule has 0 spiro atoms. The lowest BCUT2D eigenvalue weighted by molar-refractivity contribution is 0.576. The van der Waals surface area contributed by atoms with Crippen molar-refractivity contribution in [2.24, 2.45) is 0 Å². The van der Waals surface area contributed by atoms with E-state index in [1.807, 2.05) is 19.1 Å². The zero-order valence-corrected chi connectivity index (χ0v) is 12.6. The summed E-state index contributed by atoms with van der Waals surface area (Å²) < 4.78 is 26.6. The van der Waals surface area contributed by atoms with E-state index in [1.54, 1.807) is 12.1 Å². The molecule has 1 aromatic carbocycles. The molecule has 0 aliphatic carbocycles. The van der Waals surface area contributed by atoms with Crippen molar-refractivity contribution in [1.82, 2.24) is 10.0 Å². The van der Waals surface area contributed by atoms with E-state index >= 15 is 0 Å². The fraction of sp³-hybridized carbons (Fsp3) is 0.571. The predicted octanol–water partition coefficient (Wildman–Crippen LogP) is 2.26. The lowest BCUT2D eigenvalue weighted by Gasteiger charge is -2.07. The Morgan fingerprint density at radius 2 is 1.74 bits per heavy atom. The van der Waals surface area contributed by atoms with Crippen molar-refractivity contribution in [2.75, 3.05) is 13.1 Å². The van der Waals surface area contributed by atoms with E-state index in [-0.39, 0.29) is 0 Å². The summed E-state index contributed by atoms with van der Waals surface area (Å²) in [6, 6.07) is 7.02. The first-order valence-electron chi connectivity index (χ1n) is 6.89. The van der Waals surface area contributed by atoms with Gasteiger partial charge in [0, 0.05) is 13.1 Å². The molecule has 0 radical (unpaired) electrons. The molecule has 0 unspecified atom stereocenters. The fourth-order valence-corrected chi connectivity index (χ4v) is 2.79. The van der Waals surface area contributed by atoms with Crippen LogP contribution in [0.1, 0.15) is 38.7 Å². The van der Waals surface area contributed by atoms with Crippen LogP contribution in [-0.2, 0) is 16.6 Å². The van der Waals surface area contributed by atoms with Gasteiger partial charge in [-0.15, -0.1) is 0 Å². The number of rotatable bonds is 9. The van der Waals surface area contributed by atoms with Crippen molar-refractivity contribution in [3.63, 3.8) is 0 Å². The van der Waals surface area contributed by atoms with Gasteiger partial charge in [-0.1, -0.05) is 38.8 Å². The summed E-state index contributed by atoms with van der Waals surface area (Å²) in [5.41, 5.74) is 1.09. The SMILES string of the molecule is CCCCCNS(=O)(=O)c1ccc(CNCC)cc1. The van der Waals surface area contributed by atoms with Gasteiger partial charge in [-0.05, 0) is 30.7 Å². The van der Waals surface area contributed by atoms with Crippen LogP contribution in [0.2, 0.25) is 0 Å². The third-order valence-electron chi connectivity index (χ3n) is 2.89. The van der Waals surface area contributed by atoms with Crippen molar-refractivity contribution in [1.29, 1.82) is 0 Å². The van der Waals surface area contributed by atoms with Gasteiger partial charge in [0.15, 0.2) is 0 Å². The molecule has 0 aromatic heterocycles. The highest BCUT2D eigenvalue weighted by atomic mass is 32.2. The second kappa shape index (κ2) is 8.30. The normalized spacial score (nSPS) is 11.7. The third kappa shape index (κ3) is 5.72. The van der Waals surface area contributed by atoms with Crippen LogP contribution in [0, 0.1) is 0 Å². The van der Waals surface area contributed by atoms with Crippen LogP contribution in [0.4, 0.5) is 0 Å². The minimum absolute atomic E-state index is 0.337. The topological polar surface area (TPSA) is 58.2 Å². The minimum atomic E-state index is -3.35. The lowest BCUT2D eigenvalue weighted by atomic mass is 10.2. The van der Waals surface area contributed by atoms with Crippen molar-refractivity contribution in [3.05, 3.63) is 29.8 Å². The molecule has 0 saturated carbocycles. The monoisotopic (exact) mass is 284 g/mol. The van der Waals surface area contributed by atoms with Crippen molar-refractivity contribution >= 4 is 10.0 Å². The summed E-state index contributed by atoms with van der Waals surface area (Å²) in [7, 11) is -3.35. The molecule has 0 aliphatic heterocycles. The average Bonchev–Trinajstić information content (AvgIpc) is 2.42. The highest BCUT2D eigenvalue weighted by Gasteiger charge is 2.12. The third-order valence-corrected chi connectivity index (χ3v) is 4.36. The Balaban J connectivity index is 2.58. The molecule has 1 aromatic rings. The molecule has 0 saturated heterocycles. The van der Waals surface area contributed by atoms with Crippen LogP contribution in [0.3, 0.4) is 0 Å². The highest BCUT2D eigenvalue weighted by molar-refractivity contribution is 7.89. The van der Waals surface area contributed by atoms with Gasteiger partial charge < -0.3 is 5.32 Å². The van der Waals surface area contributed by atoms with E-state index < -0.39 is 10.0 Å². The highest BCUT2D eigenvalue weighted by Crippen LogP contribution is 2.10. The number of unbranched alkanes of at least 4 members (excludes halogenated alkanes) is 2. The van der Waals surface area contributed by atoms with Crippen molar-refractivity contribution < 1.29 is 8.42 Å². The van der Waals surface area contributed by atoms with Gasteiger partial charge in [0.25, 0.3) is 0 Å². The first-order chi connectivity index (χ1) is 9.10. The summed E-state index contributed by atoms with van der Waals surface area (Å²) >= 11 is 0. The van der Waals surface area contributed by atoms with E-state index in [4.69, 9.17) is 0 Å². The number of benzene rings is 1. The number of nitrogens with one attached hydrogen (secondary N) is 2. The Labute approximate surface area is 116 Å². The summed E-state index contributed by atoms with van der Waals surface area (Å²) in [4.78, 5) is 0.337. The van der Waals surface area contributed by atoms with Crippen LogP contribution >= 0.6 is 0 Å². The quantitative estimate of drug-likeness (QED) is 0.684. The molecule has 4 nitrogen and oxygen atoms in total. The predicted molar refractivity (Wildman–Crippen MR) is 78.5 cm³/mol. The second-order valence-corrected chi connectivity index (χ2v) is 6.30. The van der Waals surface area contributed by atoms with E-state index in [1.165, 1.54) is 0 Å². The Bertz CT molecular complexity index is 455. The van der Waals surface area contributed by atoms with E-state index in [0.717, 1.165) is 37.9 Å². The smallest absolute Gasteiger partial charge is 0.240 e. The first-order valence-corrected chi connectivity index (χ1v) is 8.37. The molecule has 5 heteroatoms. The maximum atomic E-state index is 12.0. The standard InChI is InChI=1S/C14H24N2O2S/c1-3-5-6-11-16-19(17,18)14-9-7-13(8-10-14)12-15-4-2/h7-10,15-16H,3-6,11-12H2,1-2H3. The molecule has 2 N–H and O–H groups in total. The van der Waals surface area contributed by atoms with Gasteiger partial charge in [0.1, 0.15) is 0 Å². The van der Waals surface area contributed by atoms with Crippen LogP contribution in [0.5, 0.6) is 0 Å². The number of hydrogen-bond acceptors (Lipinski definition) is 3. The fourth-order valence-electron chi connectivity index (χ4n) is 1.72. The molecule has 0 bridgehead atoms. The molecule has 0 aliphatic rings. The summed E-state index contributed by atoms with van der Waals surface area (Å²) in [6.07, 6.45) is 3.01. The zero-order chi connectivity index (χ0) is 14.1. The molecular weight excluding hydrogens is 260 g/mol. The van der Waals surface area contributed by atoms with Gasteiger partial charge >= 0.3 is 0 Å². The Hall–Kier alpha value is -0.910. The van der Waals surface area contributed by atoms with Crippen molar-refractivity contribution in [2.45, 2.75) is 44.6 Å². The molecule has 1 rings (SSSR count). The van der Waals surface area contributed by atoms with E-state index in [2.05, 4.69) is 17.0 Å². The lowest BCUT2D eigenvalue weighted by Crippen LogP contribution is -2.24. The number of sulfonamides is 1. The van der Waals surface area contributed by atoms with E-state index in [9.17, 15) is 8.42 Å². The van der Waals surface area contributed by atoms with E-state index in [0.29, 0.717) is 11.4 Å². The molecular formula is C14H24N2O2S. The molecule has 0 fully saturated rings. The maximum Gasteiger partial charge on any atom is 0.240 e. The Kier molecular flexibility index (Phi) is 7.05. The van der Waals surface area contributed by atoms with Crippen LogP contribution < -0.4 is 10.0 Å². The molecule has 108 valence electrons. The van der Waals surface area contributed by atoms with Crippen LogP contribution in [0.15, 0.2) is 29.2 Å². The summed E-state index contributed by atoms with van der Waals surface area (Å²) in [6.45, 7) is 6.31. The second-order valence-electron chi connectivity index (χ2n) is 4.53. The maximum absolute atomic E-state index is 12.0. The van der Waals surface area contributed by atoms with Gasteiger partial charge in [-0.2, -0.15) is 0 Å². The van der Waals surface area contributed by atoms with Gasteiger partial charge in [0.2, 0.25) is 10.0 Å².